The van der Waals surface area contributed by atoms with Gasteiger partial charge < -0.3 is 20.1 Å². The van der Waals surface area contributed by atoms with Crippen LogP contribution in [0.15, 0.2) is 42.5 Å². The molecule has 1 aliphatic heterocycles. The van der Waals surface area contributed by atoms with Crippen molar-refractivity contribution in [3.8, 4) is 0 Å². The number of rotatable bonds is 6. The standard InChI is InChI=1S/C19H19N3O6/c23-18(20-12-13-4-6-14(7-5-13)19(24)25)15-2-1-3-16(22(26)27)17(15)21-8-10-28-11-9-21/h1-7H,8-12H2,(H,20,23)(H,24,25). The lowest BCUT2D eigenvalue weighted by Gasteiger charge is -2.29. The molecule has 1 fully saturated rings. The van der Waals surface area contributed by atoms with Gasteiger partial charge in [0, 0.05) is 25.7 Å². The van der Waals surface area contributed by atoms with Gasteiger partial charge in [-0.15, -0.1) is 0 Å². The molecule has 3 rings (SSSR count). The van der Waals surface area contributed by atoms with Crippen LogP contribution in [0.25, 0.3) is 0 Å². The van der Waals surface area contributed by atoms with Crippen LogP contribution < -0.4 is 10.2 Å². The van der Waals surface area contributed by atoms with Crippen molar-refractivity contribution in [2.24, 2.45) is 0 Å². The van der Waals surface area contributed by atoms with Crippen molar-refractivity contribution in [1.29, 1.82) is 0 Å². The summed E-state index contributed by atoms with van der Waals surface area (Å²) in [4.78, 5) is 36.4. The van der Waals surface area contributed by atoms with Gasteiger partial charge >= 0.3 is 5.97 Å². The van der Waals surface area contributed by atoms with E-state index in [9.17, 15) is 19.7 Å². The molecule has 0 saturated carbocycles. The minimum Gasteiger partial charge on any atom is -0.478 e. The molecule has 2 aromatic carbocycles. The molecular weight excluding hydrogens is 366 g/mol. The number of anilines is 1. The lowest BCUT2D eigenvalue weighted by molar-refractivity contribution is -0.384. The maximum atomic E-state index is 12.7. The molecular formula is C19H19N3O6. The van der Waals surface area contributed by atoms with Gasteiger partial charge in [-0.2, -0.15) is 0 Å². The van der Waals surface area contributed by atoms with E-state index in [1.54, 1.807) is 23.1 Å². The fourth-order valence-electron chi connectivity index (χ4n) is 3.02. The van der Waals surface area contributed by atoms with E-state index in [2.05, 4.69) is 5.32 Å². The van der Waals surface area contributed by atoms with Crippen molar-refractivity contribution in [1.82, 2.24) is 5.32 Å². The second-order valence-electron chi connectivity index (χ2n) is 6.21. The number of carbonyl (C=O) groups is 2. The van der Waals surface area contributed by atoms with Crippen LogP contribution >= 0.6 is 0 Å². The number of carboxylic acids is 1. The van der Waals surface area contributed by atoms with E-state index in [0.29, 0.717) is 26.3 Å². The van der Waals surface area contributed by atoms with Gasteiger partial charge in [0.15, 0.2) is 0 Å². The third kappa shape index (κ3) is 4.26. The van der Waals surface area contributed by atoms with Crippen molar-refractivity contribution >= 4 is 23.3 Å². The zero-order chi connectivity index (χ0) is 20.1. The van der Waals surface area contributed by atoms with E-state index in [1.807, 2.05) is 0 Å². The summed E-state index contributed by atoms with van der Waals surface area (Å²) in [6, 6.07) is 10.6. The number of aromatic carboxylic acids is 1. The predicted octanol–water partition coefficient (Wildman–Crippen LogP) is 2.06. The number of nitrogens with zero attached hydrogens (tertiary/aromatic N) is 2. The molecule has 1 aliphatic rings. The maximum absolute atomic E-state index is 12.7. The minimum absolute atomic E-state index is 0.125. The quantitative estimate of drug-likeness (QED) is 0.576. The topological polar surface area (TPSA) is 122 Å². The summed E-state index contributed by atoms with van der Waals surface area (Å²) in [5.74, 6) is -1.46. The Morgan fingerprint density at radius 1 is 1.14 bits per heavy atom. The van der Waals surface area contributed by atoms with Gasteiger partial charge in [-0.3, -0.25) is 14.9 Å². The number of para-hydroxylation sites is 1. The number of hydrogen-bond acceptors (Lipinski definition) is 6. The van der Waals surface area contributed by atoms with Crippen molar-refractivity contribution < 1.29 is 24.4 Å². The predicted molar refractivity (Wildman–Crippen MR) is 101 cm³/mol. The Labute approximate surface area is 160 Å². The largest absolute Gasteiger partial charge is 0.478 e. The highest BCUT2D eigenvalue weighted by molar-refractivity contribution is 6.02. The number of carbonyl (C=O) groups excluding carboxylic acids is 1. The van der Waals surface area contributed by atoms with Gasteiger partial charge in [-0.05, 0) is 23.8 Å². The van der Waals surface area contributed by atoms with Gasteiger partial charge in [0.25, 0.3) is 11.6 Å². The summed E-state index contributed by atoms with van der Waals surface area (Å²) in [6.07, 6.45) is 0. The van der Waals surface area contributed by atoms with Gasteiger partial charge in [-0.25, -0.2) is 4.79 Å². The number of benzene rings is 2. The Kier molecular flexibility index (Phi) is 5.85. The first kappa shape index (κ1) is 19.3. The first-order chi connectivity index (χ1) is 13.5. The fraction of sp³-hybridized carbons (Fsp3) is 0.263. The van der Waals surface area contributed by atoms with Crippen molar-refractivity contribution in [3.63, 3.8) is 0 Å². The molecule has 146 valence electrons. The van der Waals surface area contributed by atoms with Crippen LogP contribution in [-0.4, -0.2) is 48.2 Å². The van der Waals surface area contributed by atoms with Gasteiger partial charge in [0.05, 0.1) is 29.3 Å². The lowest BCUT2D eigenvalue weighted by atomic mass is 10.1. The summed E-state index contributed by atoms with van der Waals surface area (Å²) in [5.41, 5.74) is 1.26. The number of amides is 1. The molecule has 0 aromatic heterocycles. The summed E-state index contributed by atoms with van der Waals surface area (Å²) in [7, 11) is 0. The summed E-state index contributed by atoms with van der Waals surface area (Å²) in [5, 5.41) is 23.1. The van der Waals surface area contributed by atoms with E-state index < -0.39 is 16.8 Å². The third-order valence-electron chi connectivity index (χ3n) is 4.44. The SMILES string of the molecule is O=C(O)c1ccc(CNC(=O)c2cccc([N+](=O)[O-])c2N2CCOCC2)cc1. The number of ether oxygens (including phenoxy) is 1. The van der Waals surface area contributed by atoms with Gasteiger partial charge in [-0.1, -0.05) is 18.2 Å². The first-order valence-corrected chi connectivity index (χ1v) is 8.68. The molecule has 1 saturated heterocycles. The Morgan fingerprint density at radius 2 is 1.82 bits per heavy atom. The van der Waals surface area contributed by atoms with Crippen LogP contribution in [0.3, 0.4) is 0 Å². The second kappa shape index (κ2) is 8.49. The molecule has 0 unspecified atom stereocenters. The highest BCUT2D eigenvalue weighted by Gasteiger charge is 2.27. The Hall–Kier alpha value is -3.46. The fourth-order valence-corrected chi connectivity index (χ4v) is 3.02. The van der Waals surface area contributed by atoms with E-state index in [-0.39, 0.29) is 29.0 Å². The number of nitro benzene ring substituents is 1. The molecule has 1 amide bonds. The van der Waals surface area contributed by atoms with Crippen LogP contribution in [0.5, 0.6) is 0 Å². The minimum atomic E-state index is -1.03. The molecule has 0 spiro atoms. The average Bonchev–Trinajstić information content (AvgIpc) is 2.72. The van der Waals surface area contributed by atoms with Gasteiger partial charge in [0.1, 0.15) is 5.69 Å². The molecule has 2 N–H and O–H groups in total. The van der Waals surface area contributed by atoms with Crippen molar-refractivity contribution in [3.05, 3.63) is 69.3 Å². The Morgan fingerprint density at radius 3 is 2.43 bits per heavy atom. The number of nitrogens with one attached hydrogen (secondary N) is 1. The van der Waals surface area contributed by atoms with Crippen LogP contribution in [-0.2, 0) is 11.3 Å². The number of morpholine rings is 1. The molecule has 2 aromatic rings. The van der Waals surface area contributed by atoms with Crippen LogP contribution in [0.4, 0.5) is 11.4 Å². The number of hydrogen-bond donors (Lipinski definition) is 2. The van der Waals surface area contributed by atoms with Crippen LogP contribution in [0, 0.1) is 10.1 Å². The van der Waals surface area contributed by atoms with E-state index in [4.69, 9.17) is 9.84 Å². The zero-order valence-electron chi connectivity index (χ0n) is 15.0. The van der Waals surface area contributed by atoms with Gasteiger partial charge in [0.2, 0.25) is 0 Å². The smallest absolute Gasteiger partial charge is 0.335 e. The lowest BCUT2D eigenvalue weighted by Crippen LogP contribution is -2.38. The molecule has 0 atom stereocenters. The molecule has 1 heterocycles. The van der Waals surface area contributed by atoms with E-state index in [0.717, 1.165) is 5.56 Å². The molecule has 0 radical (unpaired) electrons. The molecule has 9 nitrogen and oxygen atoms in total. The van der Waals surface area contributed by atoms with E-state index in [1.165, 1.54) is 24.3 Å². The molecule has 28 heavy (non-hydrogen) atoms. The monoisotopic (exact) mass is 385 g/mol. The molecule has 9 heteroatoms. The summed E-state index contributed by atoms with van der Waals surface area (Å²) in [6.45, 7) is 1.96. The van der Waals surface area contributed by atoms with Crippen molar-refractivity contribution in [2.75, 3.05) is 31.2 Å². The third-order valence-corrected chi connectivity index (χ3v) is 4.44. The number of carboxylic acid groups (broad SMARTS) is 1. The average molecular weight is 385 g/mol. The highest BCUT2D eigenvalue weighted by atomic mass is 16.6. The summed E-state index contributed by atoms with van der Waals surface area (Å²) >= 11 is 0. The van der Waals surface area contributed by atoms with Crippen LogP contribution in [0.2, 0.25) is 0 Å². The zero-order valence-corrected chi connectivity index (χ0v) is 15.0. The molecule has 0 aliphatic carbocycles. The normalized spacial score (nSPS) is 13.8. The molecule has 0 bridgehead atoms. The second-order valence-corrected chi connectivity index (χ2v) is 6.21. The Balaban J connectivity index is 1.81. The van der Waals surface area contributed by atoms with Crippen LogP contribution in [0.1, 0.15) is 26.3 Å². The van der Waals surface area contributed by atoms with Crippen molar-refractivity contribution in [2.45, 2.75) is 6.54 Å². The van der Waals surface area contributed by atoms with E-state index >= 15 is 0 Å². The maximum Gasteiger partial charge on any atom is 0.335 e. The highest BCUT2D eigenvalue weighted by Crippen LogP contribution is 2.32. The summed E-state index contributed by atoms with van der Waals surface area (Å²) < 4.78 is 5.30. The Bertz CT molecular complexity index is 891. The first-order valence-electron chi connectivity index (χ1n) is 8.68. The number of nitro groups is 1.